The molecule has 2 N–H and O–H groups in total. The number of ether oxygens (including phenoxy) is 1. The van der Waals surface area contributed by atoms with Gasteiger partial charge in [0, 0.05) is 26.7 Å². The number of nitrogens with zero attached hydrogens (tertiary/aromatic N) is 2. The Morgan fingerprint density at radius 2 is 2.05 bits per heavy atom. The van der Waals surface area contributed by atoms with Crippen LogP contribution in [0.5, 0.6) is 0 Å². The summed E-state index contributed by atoms with van der Waals surface area (Å²) in [5.74, 6) is -0.345. The first kappa shape index (κ1) is 13.7. The van der Waals surface area contributed by atoms with Gasteiger partial charge in [-0.3, -0.25) is 4.79 Å². The number of hydrogen-bond donors (Lipinski definition) is 1. The van der Waals surface area contributed by atoms with E-state index in [1.807, 2.05) is 12.1 Å². The van der Waals surface area contributed by atoms with Crippen LogP contribution in [0.1, 0.15) is 6.42 Å². The summed E-state index contributed by atoms with van der Waals surface area (Å²) in [5.41, 5.74) is 8.21. The Bertz CT molecular complexity index is 450. The highest BCUT2D eigenvalue weighted by molar-refractivity contribution is 5.76. The number of nitrogens with two attached hydrogens (primary N) is 1. The largest absolute Gasteiger partial charge is 0.468 e. The first-order valence-electron chi connectivity index (χ1n) is 6.52. The van der Waals surface area contributed by atoms with Crippen LogP contribution in [-0.4, -0.2) is 45.8 Å². The molecule has 1 aliphatic rings. The molecule has 0 fully saturated rings. The third-order valence-electron chi connectivity index (χ3n) is 3.55. The lowest BCUT2D eigenvalue weighted by atomic mass is 10.1. The zero-order chi connectivity index (χ0) is 13.8. The number of methoxy groups -OCH3 is 1. The van der Waals surface area contributed by atoms with Gasteiger partial charge < -0.3 is 20.3 Å². The van der Waals surface area contributed by atoms with Gasteiger partial charge in [-0.15, -0.1) is 0 Å². The number of carbonyl (C=O) groups is 1. The number of benzene rings is 1. The average molecular weight is 263 g/mol. The van der Waals surface area contributed by atoms with Crippen molar-refractivity contribution in [2.45, 2.75) is 12.5 Å². The lowest BCUT2D eigenvalue weighted by Crippen LogP contribution is -2.42. The van der Waals surface area contributed by atoms with Gasteiger partial charge in [0.25, 0.3) is 0 Å². The zero-order valence-corrected chi connectivity index (χ0v) is 11.5. The Balaban J connectivity index is 2.03. The SMILES string of the molecule is COC(=O)C(N)CCN1CCN(C)c2ccccc21. The Hall–Kier alpha value is -1.75. The van der Waals surface area contributed by atoms with Crippen molar-refractivity contribution in [2.75, 3.05) is 43.6 Å². The molecular formula is C14H21N3O2. The number of rotatable bonds is 4. The molecule has 5 nitrogen and oxygen atoms in total. The van der Waals surface area contributed by atoms with Crippen molar-refractivity contribution < 1.29 is 9.53 Å². The number of fused-ring (bicyclic) bond motifs is 1. The van der Waals surface area contributed by atoms with E-state index >= 15 is 0 Å². The summed E-state index contributed by atoms with van der Waals surface area (Å²) in [7, 11) is 3.46. The smallest absolute Gasteiger partial charge is 0.322 e. The third kappa shape index (κ3) is 2.98. The van der Waals surface area contributed by atoms with Crippen LogP contribution in [0.2, 0.25) is 0 Å². The van der Waals surface area contributed by atoms with Gasteiger partial charge in [-0.1, -0.05) is 12.1 Å². The lowest BCUT2D eigenvalue weighted by Gasteiger charge is -2.37. The lowest BCUT2D eigenvalue weighted by molar-refractivity contribution is -0.142. The van der Waals surface area contributed by atoms with Crippen LogP contribution >= 0.6 is 0 Å². The summed E-state index contributed by atoms with van der Waals surface area (Å²) in [5, 5.41) is 0. The van der Waals surface area contributed by atoms with E-state index in [0.717, 1.165) is 19.6 Å². The predicted molar refractivity (Wildman–Crippen MR) is 76.5 cm³/mol. The topological polar surface area (TPSA) is 58.8 Å². The molecule has 1 aliphatic heterocycles. The van der Waals surface area contributed by atoms with E-state index in [4.69, 9.17) is 5.73 Å². The normalized spacial score (nSPS) is 15.9. The minimum absolute atomic E-state index is 0.345. The summed E-state index contributed by atoms with van der Waals surface area (Å²) >= 11 is 0. The number of para-hydroxylation sites is 2. The van der Waals surface area contributed by atoms with Crippen LogP contribution in [0.4, 0.5) is 11.4 Å². The van der Waals surface area contributed by atoms with Gasteiger partial charge >= 0.3 is 5.97 Å². The van der Waals surface area contributed by atoms with Crippen molar-refractivity contribution in [3.8, 4) is 0 Å². The third-order valence-corrected chi connectivity index (χ3v) is 3.55. The minimum Gasteiger partial charge on any atom is -0.468 e. The Kier molecular flexibility index (Phi) is 4.27. The van der Waals surface area contributed by atoms with E-state index in [1.165, 1.54) is 18.5 Å². The Labute approximate surface area is 113 Å². The van der Waals surface area contributed by atoms with Gasteiger partial charge in [0.15, 0.2) is 0 Å². The molecule has 104 valence electrons. The Morgan fingerprint density at radius 1 is 1.37 bits per heavy atom. The summed E-state index contributed by atoms with van der Waals surface area (Å²) in [6, 6.07) is 7.75. The number of hydrogen-bond acceptors (Lipinski definition) is 5. The molecular weight excluding hydrogens is 242 g/mol. The van der Waals surface area contributed by atoms with Crippen molar-refractivity contribution in [1.82, 2.24) is 0 Å². The standard InChI is InChI=1S/C14H21N3O2/c1-16-9-10-17(8-7-11(15)14(18)19-2)13-6-4-3-5-12(13)16/h3-6,11H,7-10,15H2,1-2H3. The molecule has 0 saturated heterocycles. The van der Waals surface area contributed by atoms with Crippen molar-refractivity contribution in [3.05, 3.63) is 24.3 Å². The van der Waals surface area contributed by atoms with Gasteiger partial charge in [0.05, 0.1) is 18.5 Å². The zero-order valence-electron chi connectivity index (χ0n) is 11.5. The van der Waals surface area contributed by atoms with Crippen LogP contribution in [0.15, 0.2) is 24.3 Å². The summed E-state index contributed by atoms with van der Waals surface area (Å²) < 4.78 is 4.65. The van der Waals surface area contributed by atoms with Crippen molar-refractivity contribution >= 4 is 17.3 Å². The second kappa shape index (κ2) is 5.93. The number of esters is 1. The fraction of sp³-hybridized carbons (Fsp3) is 0.500. The quantitative estimate of drug-likeness (QED) is 0.816. The van der Waals surface area contributed by atoms with Crippen molar-refractivity contribution in [2.24, 2.45) is 5.73 Å². The number of anilines is 2. The van der Waals surface area contributed by atoms with Gasteiger partial charge in [0.1, 0.15) is 6.04 Å². The second-order valence-electron chi connectivity index (χ2n) is 4.82. The number of likely N-dealkylation sites (N-methyl/N-ethyl adjacent to an activating group) is 1. The van der Waals surface area contributed by atoms with Gasteiger partial charge in [-0.05, 0) is 18.6 Å². The highest BCUT2D eigenvalue weighted by Gasteiger charge is 2.21. The monoisotopic (exact) mass is 263 g/mol. The number of carbonyl (C=O) groups excluding carboxylic acids is 1. The van der Waals surface area contributed by atoms with Crippen LogP contribution in [0.25, 0.3) is 0 Å². The van der Waals surface area contributed by atoms with Crippen LogP contribution < -0.4 is 15.5 Å². The minimum atomic E-state index is -0.545. The van der Waals surface area contributed by atoms with E-state index in [0.29, 0.717) is 6.42 Å². The summed E-state index contributed by atoms with van der Waals surface area (Å²) in [6.45, 7) is 2.69. The van der Waals surface area contributed by atoms with Crippen LogP contribution in [0.3, 0.4) is 0 Å². The van der Waals surface area contributed by atoms with Gasteiger partial charge in [0.2, 0.25) is 0 Å². The van der Waals surface area contributed by atoms with E-state index < -0.39 is 6.04 Å². The molecule has 19 heavy (non-hydrogen) atoms. The van der Waals surface area contributed by atoms with Crippen LogP contribution in [0, 0.1) is 0 Å². The first-order valence-corrected chi connectivity index (χ1v) is 6.52. The molecule has 5 heteroatoms. The highest BCUT2D eigenvalue weighted by Crippen LogP contribution is 2.31. The molecule has 1 heterocycles. The maximum Gasteiger partial charge on any atom is 0.322 e. The molecule has 0 bridgehead atoms. The fourth-order valence-electron chi connectivity index (χ4n) is 2.36. The molecule has 0 amide bonds. The fourth-order valence-corrected chi connectivity index (χ4v) is 2.36. The van der Waals surface area contributed by atoms with E-state index in [1.54, 1.807) is 0 Å². The maximum atomic E-state index is 11.3. The van der Waals surface area contributed by atoms with E-state index in [9.17, 15) is 4.79 Å². The molecule has 0 aliphatic carbocycles. The molecule has 0 aromatic heterocycles. The first-order chi connectivity index (χ1) is 9.13. The van der Waals surface area contributed by atoms with E-state index in [2.05, 4.69) is 33.7 Å². The van der Waals surface area contributed by atoms with Gasteiger partial charge in [-0.25, -0.2) is 0 Å². The average Bonchev–Trinajstić information content (AvgIpc) is 2.45. The Morgan fingerprint density at radius 3 is 2.74 bits per heavy atom. The maximum absolute atomic E-state index is 11.3. The molecule has 0 saturated carbocycles. The molecule has 2 rings (SSSR count). The molecule has 1 aromatic rings. The second-order valence-corrected chi connectivity index (χ2v) is 4.82. The van der Waals surface area contributed by atoms with Gasteiger partial charge in [-0.2, -0.15) is 0 Å². The summed E-state index contributed by atoms with van der Waals surface area (Å²) in [6.07, 6.45) is 0.602. The van der Waals surface area contributed by atoms with Crippen LogP contribution in [-0.2, 0) is 9.53 Å². The molecule has 1 atom stereocenters. The molecule has 0 radical (unpaired) electrons. The van der Waals surface area contributed by atoms with Crippen molar-refractivity contribution in [1.29, 1.82) is 0 Å². The summed E-state index contributed by atoms with van der Waals surface area (Å²) in [4.78, 5) is 15.8. The predicted octanol–water partition coefficient (Wildman–Crippen LogP) is 0.833. The molecule has 1 aromatic carbocycles. The highest BCUT2D eigenvalue weighted by atomic mass is 16.5. The molecule has 0 spiro atoms. The van der Waals surface area contributed by atoms with E-state index in [-0.39, 0.29) is 5.97 Å². The molecule has 1 unspecified atom stereocenters. The van der Waals surface area contributed by atoms with Crippen molar-refractivity contribution in [3.63, 3.8) is 0 Å².